The van der Waals surface area contributed by atoms with Gasteiger partial charge in [-0.3, -0.25) is 9.59 Å². The Morgan fingerprint density at radius 1 is 1.35 bits per heavy atom. The van der Waals surface area contributed by atoms with Crippen molar-refractivity contribution in [3.63, 3.8) is 0 Å². The zero-order valence-corrected chi connectivity index (χ0v) is 10.9. The molecule has 17 heavy (non-hydrogen) atoms. The van der Waals surface area contributed by atoms with E-state index in [9.17, 15) is 9.59 Å². The Hall–Kier alpha value is -1.06. The number of carbonyl (C=O) groups excluding carboxylic acids is 2. The Morgan fingerprint density at radius 3 is 2.41 bits per heavy atom. The van der Waals surface area contributed by atoms with Crippen LogP contribution in [0.2, 0.25) is 0 Å². The Morgan fingerprint density at radius 2 is 2.00 bits per heavy atom. The average molecular weight is 238 g/mol. The Balaban J connectivity index is 2.24. The summed E-state index contributed by atoms with van der Waals surface area (Å²) in [6, 6.07) is -0.274. The van der Waals surface area contributed by atoms with E-state index in [0.29, 0.717) is 12.5 Å². The maximum atomic E-state index is 12.4. The topological polar surface area (TPSA) is 49.4 Å². The number of piperazine rings is 1. The molecule has 96 valence electrons. The van der Waals surface area contributed by atoms with Gasteiger partial charge in [0.25, 0.3) is 0 Å². The fraction of sp³-hybridized carbons (Fsp3) is 0.846. The fourth-order valence-corrected chi connectivity index (χ4v) is 2.73. The Labute approximate surface area is 103 Å². The summed E-state index contributed by atoms with van der Waals surface area (Å²) in [5.74, 6) is 0.325. The molecule has 2 amide bonds. The second kappa shape index (κ2) is 4.67. The lowest BCUT2D eigenvalue weighted by molar-refractivity contribution is -0.156. The van der Waals surface area contributed by atoms with Gasteiger partial charge in [-0.1, -0.05) is 20.8 Å². The van der Waals surface area contributed by atoms with Crippen LogP contribution in [0.3, 0.4) is 0 Å². The highest BCUT2D eigenvalue weighted by Crippen LogP contribution is 2.31. The highest BCUT2D eigenvalue weighted by atomic mass is 16.2. The molecule has 2 unspecified atom stereocenters. The van der Waals surface area contributed by atoms with Crippen LogP contribution < -0.4 is 5.32 Å². The zero-order valence-electron chi connectivity index (χ0n) is 10.9. The van der Waals surface area contributed by atoms with E-state index in [4.69, 9.17) is 0 Å². The van der Waals surface area contributed by atoms with Gasteiger partial charge in [0.15, 0.2) is 0 Å². The number of hydrogen-bond acceptors (Lipinski definition) is 2. The van der Waals surface area contributed by atoms with Gasteiger partial charge in [0, 0.05) is 6.04 Å². The second-order valence-electron chi connectivity index (χ2n) is 5.49. The van der Waals surface area contributed by atoms with E-state index in [-0.39, 0.29) is 29.8 Å². The van der Waals surface area contributed by atoms with Crippen molar-refractivity contribution in [2.75, 3.05) is 0 Å². The van der Waals surface area contributed by atoms with Crippen LogP contribution >= 0.6 is 0 Å². The summed E-state index contributed by atoms with van der Waals surface area (Å²) in [7, 11) is 0. The van der Waals surface area contributed by atoms with Crippen LogP contribution in [0.15, 0.2) is 0 Å². The minimum atomic E-state index is -0.307. The molecule has 0 bridgehead atoms. The van der Waals surface area contributed by atoms with Crippen LogP contribution in [0.1, 0.15) is 46.5 Å². The maximum absolute atomic E-state index is 12.4. The molecule has 0 aromatic rings. The summed E-state index contributed by atoms with van der Waals surface area (Å²) < 4.78 is 0. The molecule has 1 aliphatic heterocycles. The summed E-state index contributed by atoms with van der Waals surface area (Å²) in [6.07, 6.45) is 3.97. The molecule has 4 heteroatoms. The van der Waals surface area contributed by atoms with E-state index in [2.05, 4.69) is 5.32 Å². The molecular weight excluding hydrogens is 216 g/mol. The monoisotopic (exact) mass is 238 g/mol. The minimum absolute atomic E-state index is 0.0262. The van der Waals surface area contributed by atoms with Gasteiger partial charge in [-0.05, 0) is 31.6 Å². The molecule has 1 heterocycles. The predicted octanol–water partition coefficient (Wildman–Crippen LogP) is 1.30. The Kier molecular flexibility index (Phi) is 3.40. The number of carbonyl (C=O) groups is 2. The first-order valence-corrected chi connectivity index (χ1v) is 6.68. The van der Waals surface area contributed by atoms with E-state index in [1.165, 1.54) is 6.42 Å². The zero-order chi connectivity index (χ0) is 12.6. The molecule has 1 N–H and O–H groups in total. The fourth-order valence-electron chi connectivity index (χ4n) is 2.73. The van der Waals surface area contributed by atoms with Gasteiger partial charge in [-0.2, -0.15) is 0 Å². The van der Waals surface area contributed by atoms with E-state index in [1.807, 2.05) is 25.7 Å². The van der Waals surface area contributed by atoms with Crippen LogP contribution in [0.5, 0.6) is 0 Å². The predicted molar refractivity (Wildman–Crippen MR) is 65.3 cm³/mol. The van der Waals surface area contributed by atoms with Crippen LogP contribution in [0.4, 0.5) is 0 Å². The molecule has 4 nitrogen and oxygen atoms in total. The molecule has 1 saturated carbocycles. The van der Waals surface area contributed by atoms with Crippen molar-refractivity contribution in [2.45, 2.75) is 64.6 Å². The smallest absolute Gasteiger partial charge is 0.246 e. The van der Waals surface area contributed by atoms with E-state index >= 15 is 0 Å². The summed E-state index contributed by atoms with van der Waals surface area (Å²) >= 11 is 0. The van der Waals surface area contributed by atoms with Gasteiger partial charge in [0.1, 0.15) is 12.1 Å². The lowest BCUT2D eigenvalue weighted by atomic mass is 9.86. The molecule has 2 aliphatic rings. The molecule has 1 saturated heterocycles. The van der Waals surface area contributed by atoms with Crippen molar-refractivity contribution >= 4 is 11.8 Å². The molecule has 0 aromatic heterocycles. The van der Waals surface area contributed by atoms with Gasteiger partial charge < -0.3 is 10.2 Å². The molecule has 0 spiro atoms. The third-order valence-electron chi connectivity index (χ3n) is 3.95. The summed E-state index contributed by atoms with van der Waals surface area (Å²) in [5, 5.41) is 2.85. The van der Waals surface area contributed by atoms with Crippen molar-refractivity contribution < 1.29 is 9.59 Å². The SMILES string of the molecule is CCC1NC(=O)C(C(C)C)N(C2CCC2)C1=O. The van der Waals surface area contributed by atoms with Crippen molar-refractivity contribution in [2.24, 2.45) is 5.92 Å². The van der Waals surface area contributed by atoms with Gasteiger partial charge in [0.05, 0.1) is 0 Å². The number of nitrogens with one attached hydrogen (secondary N) is 1. The average Bonchev–Trinajstić information content (AvgIpc) is 2.19. The maximum Gasteiger partial charge on any atom is 0.246 e. The largest absolute Gasteiger partial charge is 0.343 e. The van der Waals surface area contributed by atoms with Gasteiger partial charge >= 0.3 is 0 Å². The first-order valence-electron chi connectivity index (χ1n) is 6.68. The van der Waals surface area contributed by atoms with E-state index in [0.717, 1.165) is 12.8 Å². The van der Waals surface area contributed by atoms with Crippen LogP contribution in [-0.2, 0) is 9.59 Å². The lowest BCUT2D eigenvalue weighted by Gasteiger charge is -2.47. The highest BCUT2D eigenvalue weighted by molar-refractivity contribution is 5.97. The molecule has 2 fully saturated rings. The van der Waals surface area contributed by atoms with Crippen molar-refractivity contribution in [1.82, 2.24) is 10.2 Å². The van der Waals surface area contributed by atoms with E-state index in [1.54, 1.807) is 0 Å². The van der Waals surface area contributed by atoms with Gasteiger partial charge in [0.2, 0.25) is 11.8 Å². The van der Waals surface area contributed by atoms with Gasteiger partial charge in [-0.25, -0.2) is 0 Å². The molecule has 0 aromatic carbocycles. The van der Waals surface area contributed by atoms with E-state index < -0.39 is 0 Å². The quantitative estimate of drug-likeness (QED) is 0.805. The first kappa shape index (κ1) is 12.4. The summed E-state index contributed by atoms with van der Waals surface area (Å²) in [5.41, 5.74) is 0. The van der Waals surface area contributed by atoms with Crippen LogP contribution in [0.25, 0.3) is 0 Å². The first-order chi connectivity index (χ1) is 8.06. The summed E-state index contributed by atoms with van der Waals surface area (Å²) in [6.45, 7) is 5.96. The molecule has 0 radical (unpaired) electrons. The highest BCUT2D eigenvalue weighted by Gasteiger charge is 2.45. The standard InChI is InChI=1S/C13H22N2O2/c1-4-10-13(17)15(9-6-5-7-9)11(8(2)3)12(16)14-10/h8-11H,4-7H2,1-3H3,(H,14,16). The number of hydrogen-bond donors (Lipinski definition) is 1. The summed E-state index contributed by atoms with van der Waals surface area (Å²) in [4.78, 5) is 26.3. The Bertz CT molecular complexity index is 323. The minimum Gasteiger partial charge on any atom is -0.343 e. The number of amides is 2. The van der Waals surface area contributed by atoms with Crippen LogP contribution in [-0.4, -0.2) is 34.8 Å². The molecular formula is C13H22N2O2. The van der Waals surface area contributed by atoms with Crippen molar-refractivity contribution in [1.29, 1.82) is 0 Å². The lowest BCUT2D eigenvalue weighted by Crippen LogP contribution is -2.67. The van der Waals surface area contributed by atoms with Crippen molar-refractivity contribution in [3.05, 3.63) is 0 Å². The molecule has 2 rings (SSSR count). The van der Waals surface area contributed by atoms with Gasteiger partial charge in [-0.15, -0.1) is 0 Å². The number of nitrogens with zero attached hydrogens (tertiary/aromatic N) is 1. The second-order valence-corrected chi connectivity index (χ2v) is 5.49. The molecule has 2 atom stereocenters. The third-order valence-corrected chi connectivity index (χ3v) is 3.95. The number of rotatable bonds is 3. The van der Waals surface area contributed by atoms with Crippen LogP contribution in [0, 0.1) is 5.92 Å². The third kappa shape index (κ3) is 2.05. The molecule has 1 aliphatic carbocycles. The van der Waals surface area contributed by atoms with Crippen molar-refractivity contribution in [3.8, 4) is 0 Å². The normalized spacial score (nSPS) is 30.5.